The van der Waals surface area contributed by atoms with E-state index in [1.807, 2.05) is 4.90 Å². The second kappa shape index (κ2) is 5.78. The van der Waals surface area contributed by atoms with Crippen LogP contribution in [0, 0.1) is 5.82 Å². The SMILES string of the molecule is COCC1=CCN(c2cccc(F)c2C=O)CC1. The fourth-order valence-corrected chi connectivity index (χ4v) is 2.16. The first kappa shape index (κ1) is 12.8. The molecule has 18 heavy (non-hydrogen) atoms. The highest BCUT2D eigenvalue weighted by Crippen LogP contribution is 2.24. The lowest BCUT2D eigenvalue weighted by Gasteiger charge is -2.29. The average Bonchev–Trinajstić information content (AvgIpc) is 2.40. The van der Waals surface area contributed by atoms with Gasteiger partial charge in [0.25, 0.3) is 0 Å². The van der Waals surface area contributed by atoms with E-state index in [1.165, 1.54) is 11.6 Å². The van der Waals surface area contributed by atoms with Crippen molar-refractivity contribution in [2.75, 3.05) is 31.7 Å². The van der Waals surface area contributed by atoms with E-state index < -0.39 is 5.82 Å². The lowest BCUT2D eigenvalue weighted by Crippen LogP contribution is -2.30. The number of nitrogens with zero attached hydrogens (tertiary/aromatic N) is 1. The van der Waals surface area contributed by atoms with E-state index in [-0.39, 0.29) is 5.56 Å². The van der Waals surface area contributed by atoms with Gasteiger partial charge >= 0.3 is 0 Å². The van der Waals surface area contributed by atoms with E-state index in [2.05, 4.69) is 6.08 Å². The monoisotopic (exact) mass is 249 g/mol. The molecule has 2 rings (SSSR count). The van der Waals surface area contributed by atoms with Crippen LogP contribution in [0.3, 0.4) is 0 Å². The number of benzene rings is 1. The summed E-state index contributed by atoms with van der Waals surface area (Å²) in [5.74, 6) is -0.464. The minimum absolute atomic E-state index is 0.140. The van der Waals surface area contributed by atoms with Gasteiger partial charge in [0.1, 0.15) is 5.82 Å². The molecule has 0 bridgehead atoms. The number of hydrogen-bond acceptors (Lipinski definition) is 3. The molecule has 0 fully saturated rings. The number of rotatable bonds is 4. The molecule has 0 aromatic heterocycles. The molecule has 1 aromatic rings. The van der Waals surface area contributed by atoms with Gasteiger partial charge in [-0.3, -0.25) is 4.79 Å². The number of ether oxygens (including phenoxy) is 1. The number of hydrogen-bond donors (Lipinski definition) is 0. The van der Waals surface area contributed by atoms with E-state index in [0.29, 0.717) is 25.1 Å². The van der Waals surface area contributed by atoms with Crippen molar-refractivity contribution in [1.82, 2.24) is 0 Å². The summed E-state index contributed by atoms with van der Waals surface area (Å²) in [6, 6.07) is 4.72. The molecule has 1 aromatic carbocycles. The quantitative estimate of drug-likeness (QED) is 0.606. The molecule has 3 nitrogen and oxygen atoms in total. The Kier molecular flexibility index (Phi) is 4.10. The smallest absolute Gasteiger partial charge is 0.155 e. The highest BCUT2D eigenvalue weighted by Gasteiger charge is 2.16. The van der Waals surface area contributed by atoms with Crippen LogP contribution < -0.4 is 4.90 Å². The topological polar surface area (TPSA) is 29.5 Å². The summed E-state index contributed by atoms with van der Waals surface area (Å²) < 4.78 is 18.6. The second-order valence-electron chi connectivity index (χ2n) is 4.28. The number of carbonyl (C=O) groups excluding carboxylic acids is 1. The first-order chi connectivity index (χ1) is 8.76. The zero-order valence-corrected chi connectivity index (χ0v) is 10.4. The number of aldehydes is 1. The average molecular weight is 249 g/mol. The minimum Gasteiger partial charge on any atom is -0.380 e. The molecule has 0 saturated carbocycles. The van der Waals surface area contributed by atoms with Crippen molar-refractivity contribution in [2.24, 2.45) is 0 Å². The highest BCUT2D eigenvalue weighted by molar-refractivity contribution is 5.85. The second-order valence-corrected chi connectivity index (χ2v) is 4.28. The number of anilines is 1. The maximum atomic E-state index is 13.5. The zero-order chi connectivity index (χ0) is 13.0. The number of methoxy groups -OCH3 is 1. The van der Waals surface area contributed by atoms with Gasteiger partial charge < -0.3 is 9.64 Å². The molecule has 0 spiro atoms. The van der Waals surface area contributed by atoms with E-state index in [1.54, 1.807) is 19.2 Å². The van der Waals surface area contributed by atoms with Crippen LogP contribution in [0.5, 0.6) is 0 Å². The maximum absolute atomic E-state index is 13.5. The Labute approximate surface area is 106 Å². The molecule has 0 N–H and O–H groups in total. The number of halogens is 1. The minimum atomic E-state index is -0.464. The maximum Gasteiger partial charge on any atom is 0.155 e. The van der Waals surface area contributed by atoms with Gasteiger partial charge in [-0.25, -0.2) is 4.39 Å². The summed E-state index contributed by atoms with van der Waals surface area (Å²) in [6.45, 7) is 2.10. The molecule has 0 saturated heterocycles. The molecule has 1 heterocycles. The van der Waals surface area contributed by atoms with Crippen molar-refractivity contribution in [3.8, 4) is 0 Å². The molecule has 4 heteroatoms. The summed E-state index contributed by atoms with van der Waals surface area (Å²) in [7, 11) is 1.67. The lowest BCUT2D eigenvalue weighted by molar-refractivity contribution is 0.112. The van der Waals surface area contributed by atoms with Gasteiger partial charge in [-0.05, 0) is 24.1 Å². The first-order valence-electron chi connectivity index (χ1n) is 5.91. The third kappa shape index (κ3) is 2.59. The zero-order valence-electron chi connectivity index (χ0n) is 10.4. The normalized spacial score (nSPS) is 15.4. The van der Waals surface area contributed by atoms with E-state index >= 15 is 0 Å². The molecular formula is C14H16FNO2. The van der Waals surface area contributed by atoms with E-state index in [4.69, 9.17) is 4.74 Å². The Morgan fingerprint density at radius 3 is 2.94 bits per heavy atom. The van der Waals surface area contributed by atoms with Crippen molar-refractivity contribution in [2.45, 2.75) is 6.42 Å². The molecule has 0 radical (unpaired) electrons. The van der Waals surface area contributed by atoms with Gasteiger partial charge in [-0.2, -0.15) is 0 Å². The van der Waals surface area contributed by atoms with Crippen molar-refractivity contribution >= 4 is 12.0 Å². The summed E-state index contributed by atoms with van der Waals surface area (Å²) in [5.41, 5.74) is 2.05. The van der Waals surface area contributed by atoms with Crippen LogP contribution in [0.4, 0.5) is 10.1 Å². The summed E-state index contributed by atoms with van der Waals surface area (Å²) in [6.07, 6.45) is 3.54. The van der Waals surface area contributed by atoms with Crippen LogP contribution in [-0.4, -0.2) is 33.1 Å². The molecular weight excluding hydrogens is 233 g/mol. The fraction of sp³-hybridized carbons (Fsp3) is 0.357. The third-order valence-electron chi connectivity index (χ3n) is 3.12. The summed E-state index contributed by atoms with van der Waals surface area (Å²) >= 11 is 0. The molecule has 0 amide bonds. The van der Waals surface area contributed by atoms with Gasteiger partial charge in [0.15, 0.2) is 6.29 Å². The van der Waals surface area contributed by atoms with Gasteiger partial charge in [0.2, 0.25) is 0 Å². The summed E-state index contributed by atoms with van der Waals surface area (Å²) in [5, 5.41) is 0. The molecule has 0 unspecified atom stereocenters. The molecule has 0 atom stereocenters. The van der Waals surface area contributed by atoms with Crippen LogP contribution in [0.15, 0.2) is 29.8 Å². The van der Waals surface area contributed by atoms with Gasteiger partial charge in [0, 0.05) is 20.2 Å². The standard InChI is InChI=1S/C14H16FNO2/c1-18-10-11-5-7-16(8-6-11)14-4-2-3-13(15)12(14)9-17/h2-5,9H,6-8,10H2,1H3. The predicted molar refractivity (Wildman–Crippen MR) is 68.6 cm³/mol. The van der Waals surface area contributed by atoms with Gasteiger partial charge in [0.05, 0.1) is 17.9 Å². The van der Waals surface area contributed by atoms with E-state index in [0.717, 1.165) is 13.0 Å². The Balaban J connectivity index is 2.19. The Morgan fingerprint density at radius 1 is 1.50 bits per heavy atom. The van der Waals surface area contributed by atoms with Crippen molar-refractivity contribution in [3.05, 3.63) is 41.2 Å². The highest BCUT2D eigenvalue weighted by atomic mass is 19.1. The Morgan fingerprint density at radius 2 is 2.33 bits per heavy atom. The largest absolute Gasteiger partial charge is 0.380 e. The van der Waals surface area contributed by atoms with Crippen LogP contribution in [0.25, 0.3) is 0 Å². The molecule has 0 aliphatic carbocycles. The fourth-order valence-electron chi connectivity index (χ4n) is 2.16. The van der Waals surface area contributed by atoms with E-state index in [9.17, 15) is 9.18 Å². The third-order valence-corrected chi connectivity index (χ3v) is 3.12. The Bertz CT molecular complexity index is 471. The number of carbonyl (C=O) groups is 1. The summed E-state index contributed by atoms with van der Waals surface area (Å²) in [4.78, 5) is 13.0. The van der Waals surface area contributed by atoms with Crippen molar-refractivity contribution in [1.29, 1.82) is 0 Å². The van der Waals surface area contributed by atoms with Crippen LogP contribution in [0.1, 0.15) is 16.8 Å². The van der Waals surface area contributed by atoms with Crippen molar-refractivity contribution in [3.63, 3.8) is 0 Å². The molecule has 96 valence electrons. The van der Waals surface area contributed by atoms with Gasteiger partial charge in [-0.1, -0.05) is 12.1 Å². The lowest BCUT2D eigenvalue weighted by atomic mass is 10.1. The molecule has 1 aliphatic rings. The molecule has 1 aliphatic heterocycles. The van der Waals surface area contributed by atoms with Crippen molar-refractivity contribution < 1.29 is 13.9 Å². The first-order valence-corrected chi connectivity index (χ1v) is 5.91. The Hall–Kier alpha value is -1.68. The van der Waals surface area contributed by atoms with Crippen LogP contribution in [0.2, 0.25) is 0 Å². The van der Waals surface area contributed by atoms with Gasteiger partial charge in [-0.15, -0.1) is 0 Å². The predicted octanol–water partition coefficient (Wildman–Crippen LogP) is 2.42. The van der Waals surface area contributed by atoms with Crippen LogP contribution >= 0.6 is 0 Å². The van der Waals surface area contributed by atoms with Crippen LogP contribution in [-0.2, 0) is 4.74 Å².